The summed E-state index contributed by atoms with van der Waals surface area (Å²) in [5, 5.41) is 9.16. The number of likely N-dealkylation sites (tertiary alicyclic amines) is 1. The number of ether oxygens (including phenoxy) is 1. The normalized spacial score (nSPS) is 27.1. The van der Waals surface area contributed by atoms with Gasteiger partial charge in [-0.05, 0) is 27.2 Å². The van der Waals surface area contributed by atoms with Crippen LogP contribution in [-0.4, -0.2) is 59.7 Å². The fourth-order valence-electron chi connectivity index (χ4n) is 2.78. The average molecular weight is 305 g/mol. The SMILES string of the molecule is CC(C)(C)OC(=O)N1CC2(C1)[C@H](C(=O)O)CCS2(=O)=O. The summed E-state index contributed by atoms with van der Waals surface area (Å²) >= 11 is 0. The van der Waals surface area contributed by atoms with Crippen LogP contribution in [0.15, 0.2) is 0 Å². The van der Waals surface area contributed by atoms with E-state index in [-0.39, 0.29) is 25.3 Å². The molecule has 0 bridgehead atoms. The molecule has 2 rings (SSSR count). The first-order valence-corrected chi connectivity index (χ1v) is 8.07. The van der Waals surface area contributed by atoms with Gasteiger partial charge in [0.1, 0.15) is 10.3 Å². The summed E-state index contributed by atoms with van der Waals surface area (Å²) in [6.45, 7) is 4.95. The first kappa shape index (κ1) is 15.1. The Morgan fingerprint density at radius 3 is 2.30 bits per heavy atom. The van der Waals surface area contributed by atoms with Crippen molar-refractivity contribution in [2.45, 2.75) is 37.5 Å². The van der Waals surface area contributed by atoms with Gasteiger partial charge in [-0.15, -0.1) is 0 Å². The Morgan fingerprint density at radius 1 is 1.30 bits per heavy atom. The van der Waals surface area contributed by atoms with Crippen molar-refractivity contribution in [2.75, 3.05) is 18.8 Å². The molecule has 2 aliphatic rings. The van der Waals surface area contributed by atoms with E-state index in [0.29, 0.717) is 0 Å². The van der Waals surface area contributed by atoms with Crippen LogP contribution in [0.25, 0.3) is 0 Å². The molecule has 0 unspecified atom stereocenters. The lowest BCUT2D eigenvalue weighted by atomic mass is 9.83. The van der Waals surface area contributed by atoms with E-state index in [9.17, 15) is 18.0 Å². The van der Waals surface area contributed by atoms with Crippen LogP contribution in [-0.2, 0) is 19.4 Å². The number of aliphatic carboxylic acids is 1. The van der Waals surface area contributed by atoms with Gasteiger partial charge in [0.25, 0.3) is 0 Å². The molecule has 1 spiro atoms. The zero-order valence-electron chi connectivity index (χ0n) is 11.7. The van der Waals surface area contributed by atoms with Crippen LogP contribution < -0.4 is 0 Å². The lowest BCUT2D eigenvalue weighted by molar-refractivity contribution is -0.144. The second-order valence-electron chi connectivity index (χ2n) is 6.40. The number of hydrogen-bond acceptors (Lipinski definition) is 5. The molecule has 0 aromatic rings. The summed E-state index contributed by atoms with van der Waals surface area (Å²) in [7, 11) is -3.48. The summed E-state index contributed by atoms with van der Waals surface area (Å²) in [5.74, 6) is -2.19. The molecule has 2 aliphatic heterocycles. The van der Waals surface area contributed by atoms with Crippen molar-refractivity contribution in [1.29, 1.82) is 0 Å². The third kappa shape index (κ3) is 2.25. The molecule has 114 valence electrons. The zero-order chi connectivity index (χ0) is 15.3. The Morgan fingerprint density at radius 2 is 1.85 bits per heavy atom. The zero-order valence-corrected chi connectivity index (χ0v) is 12.6. The number of amides is 1. The van der Waals surface area contributed by atoms with E-state index in [0.717, 1.165) is 0 Å². The van der Waals surface area contributed by atoms with Gasteiger partial charge in [-0.25, -0.2) is 13.2 Å². The third-order valence-corrected chi connectivity index (χ3v) is 6.35. The summed E-state index contributed by atoms with van der Waals surface area (Å²) in [6, 6.07) is 0. The molecule has 20 heavy (non-hydrogen) atoms. The molecular formula is C12H19NO6S. The standard InChI is InChI=1S/C12H19NO6S/c1-11(2,3)19-10(16)13-6-12(7-13)8(9(14)15)4-5-20(12,17)18/h8H,4-7H2,1-3H3,(H,14,15)/t8-/m0/s1. The Hall–Kier alpha value is -1.31. The minimum atomic E-state index is -3.48. The number of carboxylic acids is 1. The molecule has 1 atom stereocenters. The second kappa shape index (κ2) is 4.34. The van der Waals surface area contributed by atoms with Gasteiger partial charge in [0.05, 0.1) is 11.7 Å². The molecule has 2 saturated heterocycles. The summed E-state index contributed by atoms with van der Waals surface area (Å²) in [6.07, 6.45) is -0.492. The minimum Gasteiger partial charge on any atom is -0.481 e. The minimum absolute atomic E-state index is 0.0960. The molecule has 1 N–H and O–H groups in total. The van der Waals surface area contributed by atoms with Gasteiger partial charge in [0.2, 0.25) is 0 Å². The van der Waals surface area contributed by atoms with Crippen molar-refractivity contribution in [3.05, 3.63) is 0 Å². The Balaban J connectivity index is 2.13. The highest BCUT2D eigenvalue weighted by Gasteiger charge is 2.65. The molecule has 0 aromatic carbocycles. The van der Waals surface area contributed by atoms with Crippen LogP contribution in [0.2, 0.25) is 0 Å². The molecule has 2 heterocycles. The Labute approximate surface area is 117 Å². The largest absolute Gasteiger partial charge is 0.481 e. The molecule has 8 heteroatoms. The quantitative estimate of drug-likeness (QED) is 0.757. The van der Waals surface area contributed by atoms with Gasteiger partial charge >= 0.3 is 12.1 Å². The number of rotatable bonds is 1. The lowest BCUT2D eigenvalue weighted by Gasteiger charge is -2.48. The number of carbonyl (C=O) groups is 2. The number of hydrogen-bond donors (Lipinski definition) is 1. The molecule has 0 saturated carbocycles. The summed E-state index contributed by atoms with van der Waals surface area (Å²) in [4.78, 5) is 24.3. The maximum Gasteiger partial charge on any atom is 0.410 e. The molecule has 0 aliphatic carbocycles. The second-order valence-corrected chi connectivity index (χ2v) is 8.85. The fraction of sp³-hybridized carbons (Fsp3) is 0.833. The maximum atomic E-state index is 12.1. The van der Waals surface area contributed by atoms with E-state index in [4.69, 9.17) is 9.84 Å². The Bertz CT molecular complexity index is 541. The van der Waals surface area contributed by atoms with Crippen molar-refractivity contribution in [2.24, 2.45) is 5.92 Å². The highest BCUT2D eigenvalue weighted by molar-refractivity contribution is 7.93. The fourth-order valence-corrected chi connectivity index (χ4v) is 5.09. The van der Waals surface area contributed by atoms with Gasteiger partial charge in [0, 0.05) is 13.1 Å². The summed E-state index contributed by atoms with van der Waals surface area (Å²) < 4.78 is 28.0. The van der Waals surface area contributed by atoms with Gasteiger partial charge in [-0.3, -0.25) is 4.79 Å². The Kier molecular flexibility index (Phi) is 3.27. The van der Waals surface area contributed by atoms with Crippen LogP contribution in [0.5, 0.6) is 0 Å². The van der Waals surface area contributed by atoms with E-state index < -0.39 is 38.2 Å². The number of carbonyl (C=O) groups excluding carboxylic acids is 1. The topological polar surface area (TPSA) is 101 Å². The highest BCUT2D eigenvalue weighted by Crippen LogP contribution is 2.45. The van der Waals surface area contributed by atoms with Crippen LogP contribution in [0, 0.1) is 5.92 Å². The first-order chi connectivity index (χ1) is 8.98. The van der Waals surface area contributed by atoms with Crippen molar-refractivity contribution >= 4 is 21.9 Å². The average Bonchev–Trinajstić information content (AvgIpc) is 2.44. The van der Waals surface area contributed by atoms with E-state index >= 15 is 0 Å². The number of nitrogens with zero attached hydrogens (tertiary/aromatic N) is 1. The van der Waals surface area contributed by atoms with Crippen molar-refractivity contribution in [3.63, 3.8) is 0 Å². The maximum absolute atomic E-state index is 12.1. The lowest BCUT2D eigenvalue weighted by Crippen LogP contribution is -2.69. The van der Waals surface area contributed by atoms with Crippen LogP contribution in [0.3, 0.4) is 0 Å². The predicted molar refractivity (Wildman–Crippen MR) is 70.1 cm³/mol. The molecule has 0 aromatic heterocycles. The molecular weight excluding hydrogens is 286 g/mol. The van der Waals surface area contributed by atoms with Gasteiger partial charge in [-0.2, -0.15) is 0 Å². The smallest absolute Gasteiger partial charge is 0.410 e. The van der Waals surface area contributed by atoms with Gasteiger partial charge < -0.3 is 14.7 Å². The number of sulfone groups is 1. The van der Waals surface area contributed by atoms with E-state index in [2.05, 4.69) is 0 Å². The highest BCUT2D eigenvalue weighted by atomic mass is 32.2. The number of carboxylic acid groups (broad SMARTS) is 1. The van der Waals surface area contributed by atoms with Crippen LogP contribution >= 0.6 is 0 Å². The summed E-state index contributed by atoms with van der Waals surface area (Å²) in [5.41, 5.74) is -0.666. The van der Waals surface area contributed by atoms with Crippen LogP contribution in [0.1, 0.15) is 27.2 Å². The van der Waals surface area contributed by atoms with E-state index in [1.807, 2.05) is 0 Å². The van der Waals surface area contributed by atoms with Crippen molar-refractivity contribution < 1.29 is 27.9 Å². The van der Waals surface area contributed by atoms with Gasteiger partial charge in [0.15, 0.2) is 9.84 Å². The molecule has 1 amide bonds. The monoisotopic (exact) mass is 305 g/mol. The predicted octanol–water partition coefficient (Wildman–Crippen LogP) is 0.495. The van der Waals surface area contributed by atoms with Crippen LogP contribution in [0.4, 0.5) is 4.79 Å². The molecule has 2 fully saturated rings. The van der Waals surface area contributed by atoms with E-state index in [1.54, 1.807) is 20.8 Å². The van der Waals surface area contributed by atoms with Gasteiger partial charge in [-0.1, -0.05) is 0 Å². The molecule has 7 nitrogen and oxygen atoms in total. The van der Waals surface area contributed by atoms with Crippen molar-refractivity contribution in [3.8, 4) is 0 Å². The van der Waals surface area contributed by atoms with E-state index in [1.165, 1.54) is 4.90 Å². The first-order valence-electron chi connectivity index (χ1n) is 6.42. The molecule has 0 radical (unpaired) electrons. The third-order valence-electron chi connectivity index (χ3n) is 3.80. The van der Waals surface area contributed by atoms with Crippen molar-refractivity contribution in [1.82, 2.24) is 4.90 Å².